The average molecular weight is 251 g/mol. The van der Waals surface area contributed by atoms with Gasteiger partial charge in [0.25, 0.3) is 11.5 Å². The van der Waals surface area contributed by atoms with Gasteiger partial charge >= 0.3 is 0 Å². The Kier molecular flexibility index (Phi) is 3.38. The zero-order valence-corrected chi connectivity index (χ0v) is 10.2. The summed E-state index contributed by atoms with van der Waals surface area (Å²) in [5.41, 5.74) is 5.36. The van der Waals surface area contributed by atoms with Crippen LogP contribution in [0.3, 0.4) is 0 Å². The molecule has 6 heteroatoms. The molecule has 1 aliphatic rings. The van der Waals surface area contributed by atoms with E-state index in [0.717, 1.165) is 12.8 Å². The van der Waals surface area contributed by atoms with Crippen LogP contribution in [-0.4, -0.2) is 40.5 Å². The van der Waals surface area contributed by atoms with Crippen molar-refractivity contribution in [1.82, 2.24) is 9.88 Å². The summed E-state index contributed by atoms with van der Waals surface area (Å²) in [7, 11) is 1.68. The van der Waals surface area contributed by atoms with Gasteiger partial charge in [-0.05, 0) is 18.8 Å². The smallest absolute Gasteiger partial charge is 0.254 e. The second-order valence-electron chi connectivity index (χ2n) is 4.68. The van der Waals surface area contributed by atoms with Crippen LogP contribution in [0.5, 0.6) is 5.88 Å². The summed E-state index contributed by atoms with van der Waals surface area (Å²) in [6, 6.07) is 2.43. The summed E-state index contributed by atoms with van der Waals surface area (Å²) in [5, 5.41) is 9.29. The van der Waals surface area contributed by atoms with Crippen LogP contribution >= 0.6 is 0 Å². The van der Waals surface area contributed by atoms with Crippen molar-refractivity contribution in [2.24, 2.45) is 11.7 Å². The van der Waals surface area contributed by atoms with Gasteiger partial charge in [0.2, 0.25) is 0 Å². The van der Waals surface area contributed by atoms with Gasteiger partial charge in [0.15, 0.2) is 5.88 Å². The van der Waals surface area contributed by atoms with Crippen molar-refractivity contribution in [3.63, 3.8) is 0 Å². The highest BCUT2D eigenvalue weighted by molar-refractivity contribution is 5.94. The molecular formula is C12H17N3O3. The van der Waals surface area contributed by atoms with Gasteiger partial charge in [-0.1, -0.05) is 0 Å². The van der Waals surface area contributed by atoms with E-state index in [0.29, 0.717) is 12.5 Å². The standard InChI is InChI=1S/C12H17N3O3/c1-15(9(6-13)7-2-3-7)12(18)8-4-10(16)14-11(17)5-8/h4-5,7,9H,2-3,6,13H2,1H3,(H2,14,16,17). The van der Waals surface area contributed by atoms with Gasteiger partial charge in [-0.2, -0.15) is 0 Å². The Labute approximate surface area is 104 Å². The van der Waals surface area contributed by atoms with Gasteiger partial charge in [-0.15, -0.1) is 0 Å². The van der Waals surface area contributed by atoms with E-state index in [2.05, 4.69) is 4.98 Å². The fourth-order valence-corrected chi connectivity index (χ4v) is 2.15. The molecule has 4 N–H and O–H groups in total. The fourth-order valence-electron chi connectivity index (χ4n) is 2.15. The number of pyridine rings is 1. The Hall–Kier alpha value is -1.82. The number of nitrogens with zero attached hydrogens (tertiary/aromatic N) is 1. The Morgan fingerprint density at radius 3 is 2.78 bits per heavy atom. The molecule has 1 heterocycles. The molecule has 1 aromatic rings. The van der Waals surface area contributed by atoms with E-state index in [4.69, 9.17) is 5.73 Å². The molecule has 1 unspecified atom stereocenters. The lowest BCUT2D eigenvalue weighted by molar-refractivity contribution is 0.0718. The summed E-state index contributed by atoms with van der Waals surface area (Å²) in [6.07, 6.45) is 2.17. The van der Waals surface area contributed by atoms with Gasteiger partial charge < -0.3 is 15.7 Å². The molecule has 0 bridgehead atoms. The summed E-state index contributed by atoms with van der Waals surface area (Å²) in [6.45, 7) is 0.405. The quantitative estimate of drug-likeness (QED) is 0.695. The van der Waals surface area contributed by atoms with Crippen molar-refractivity contribution in [1.29, 1.82) is 0 Å². The molecule has 0 radical (unpaired) electrons. The number of hydrogen-bond donors (Lipinski definition) is 3. The number of carbonyl (C=O) groups excluding carboxylic acids is 1. The monoisotopic (exact) mass is 251 g/mol. The molecule has 1 fully saturated rings. The minimum Gasteiger partial charge on any atom is -0.494 e. The minimum absolute atomic E-state index is 0.000990. The van der Waals surface area contributed by atoms with Crippen molar-refractivity contribution in [2.75, 3.05) is 13.6 Å². The summed E-state index contributed by atoms with van der Waals surface area (Å²) in [4.78, 5) is 27.1. The van der Waals surface area contributed by atoms with Crippen molar-refractivity contribution in [2.45, 2.75) is 18.9 Å². The van der Waals surface area contributed by atoms with Gasteiger partial charge in [0.05, 0.1) is 5.56 Å². The van der Waals surface area contributed by atoms with Crippen LogP contribution in [0.4, 0.5) is 0 Å². The maximum Gasteiger partial charge on any atom is 0.254 e. The van der Waals surface area contributed by atoms with E-state index in [-0.39, 0.29) is 23.4 Å². The molecule has 1 atom stereocenters. The third-order valence-electron chi connectivity index (χ3n) is 3.30. The van der Waals surface area contributed by atoms with Gasteiger partial charge in [0, 0.05) is 31.8 Å². The van der Waals surface area contributed by atoms with E-state index < -0.39 is 5.56 Å². The number of nitrogens with one attached hydrogen (secondary N) is 1. The molecule has 0 aliphatic heterocycles. The number of likely N-dealkylation sites (N-methyl/N-ethyl adjacent to an activating group) is 1. The normalized spacial score (nSPS) is 16.3. The number of aromatic amines is 1. The molecule has 2 rings (SSSR count). The number of H-pyrrole nitrogens is 1. The highest BCUT2D eigenvalue weighted by Gasteiger charge is 2.35. The first-order chi connectivity index (χ1) is 8.52. The van der Waals surface area contributed by atoms with Crippen molar-refractivity contribution in [3.05, 3.63) is 28.0 Å². The van der Waals surface area contributed by atoms with Crippen molar-refractivity contribution >= 4 is 5.91 Å². The number of amides is 1. The number of aromatic hydroxyl groups is 1. The van der Waals surface area contributed by atoms with Crippen molar-refractivity contribution < 1.29 is 9.90 Å². The van der Waals surface area contributed by atoms with Crippen LogP contribution in [0.2, 0.25) is 0 Å². The Bertz CT molecular complexity index is 508. The highest BCUT2D eigenvalue weighted by atomic mass is 16.3. The molecule has 0 saturated heterocycles. The number of aromatic nitrogens is 1. The maximum absolute atomic E-state index is 12.2. The van der Waals surface area contributed by atoms with Crippen LogP contribution < -0.4 is 11.3 Å². The third-order valence-corrected chi connectivity index (χ3v) is 3.30. The fraction of sp³-hybridized carbons (Fsp3) is 0.500. The third kappa shape index (κ3) is 2.53. The molecule has 6 nitrogen and oxygen atoms in total. The van der Waals surface area contributed by atoms with Gasteiger partial charge in [-0.3, -0.25) is 14.6 Å². The molecular weight excluding hydrogens is 234 g/mol. The Morgan fingerprint density at radius 1 is 1.61 bits per heavy atom. The van der Waals surface area contributed by atoms with Crippen LogP contribution in [0.25, 0.3) is 0 Å². The summed E-state index contributed by atoms with van der Waals surface area (Å²) < 4.78 is 0. The first-order valence-electron chi connectivity index (χ1n) is 5.93. The molecule has 0 aromatic carbocycles. The van der Waals surface area contributed by atoms with Crippen LogP contribution in [0.15, 0.2) is 16.9 Å². The topological polar surface area (TPSA) is 99.4 Å². The second-order valence-corrected chi connectivity index (χ2v) is 4.68. The van der Waals surface area contributed by atoms with Crippen LogP contribution in [0, 0.1) is 5.92 Å². The molecule has 1 aliphatic carbocycles. The lowest BCUT2D eigenvalue weighted by Gasteiger charge is -2.27. The average Bonchev–Trinajstić information content (AvgIpc) is 3.12. The zero-order chi connectivity index (χ0) is 13.3. The predicted octanol–water partition coefficient (Wildman–Crippen LogP) is -0.110. The van der Waals surface area contributed by atoms with E-state index in [1.807, 2.05) is 0 Å². The summed E-state index contributed by atoms with van der Waals surface area (Å²) in [5.74, 6) is -0.145. The molecule has 1 saturated carbocycles. The molecule has 98 valence electrons. The first-order valence-corrected chi connectivity index (χ1v) is 5.93. The summed E-state index contributed by atoms with van der Waals surface area (Å²) >= 11 is 0. The minimum atomic E-state index is -0.498. The predicted molar refractivity (Wildman–Crippen MR) is 66.4 cm³/mol. The lowest BCUT2D eigenvalue weighted by atomic mass is 10.1. The van der Waals surface area contributed by atoms with Crippen molar-refractivity contribution in [3.8, 4) is 5.88 Å². The molecule has 1 amide bonds. The Morgan fingerprint density at radius 2 is 2.28 bits per heavy atom. The number of hydrogen-bond acceptors (Lipinski definition) is 4. The largest absolute Gasteiger partial charge is 0.494 e. The Balaban J connectivity index is 2.21. The number of rotatable bonds is 4. The molecule has 1 aromatic heterocycles. The molecule has 18 heavy (non-hydrogen) atoms. The van der Waals surface area contributed by atoms with Gasteiger partial charge in [-0.25, -0.2) is 0 Å². The SMILES string of the molecule is CN(C(=O)c1cc(O)[nH]c(=O)c1)C(CN)C1CC1. The van der Waals surface area contributed by atoms with Crippen LogP contribution in [0.1, 0.15) is 23.2 Å². The van der Waals surface area contributed by atoms with E-state index in [1.54, 1.807) is 11.9 Å². The first kappa shape index (κ1) is 12.6. The van der Waals surface area contributed by atoms with Crippen LogP contribution in [-0.2, 0) is 0 Å². The second kappa shape index (κ2) is 4.81. The highest BCUT2D eigenvalue weighted by Crippen LogP contribution is 2.34. The molecule has 0 spiro atoms. The lowest BCUT2D eigenvalue weighted by Crippen LogP contribution is -2.43. The number of nitrogens with two attached hydrogens (primary N) is 1. The number of carbonyl (C=O) groups is 1. The van der Waals surface area contributed by atoms with E-state index in [9.17, 15) is 14.7 Å². The van der Waals surface area contributed by atoms with Gasteiger partial charge in [0.1, 0.15) is 0 Å². The van der Waals surface area contributed by atoms with E-state index in [1.165, 1.54) is 12.1 Å². The van der Waals surface area contributed by atoms with E-state index >= 15 is 0 Å². The maximum atomic E-state index is 12.2. The zero-order valence-electron chi connectivity index (χ0n) is 10.2.